The lowest BCUT2D eigenvalue weighted by molar-refractivity contribution is 0.177. The van der Waals surface area contributed by atoms with Crippen LogP contribution in [-0.2, 0) is 6.54 Å². The average Bonchev–Trinajstić information content (AvgIpc) is 2.56. The maximum Gasteiger partial charge on any atom is 0.109 e. The number of hydrogen-bond donors (Lipinski definition) is 0. The number of benzene rings is 2. The number of nitrogens with zero attached hydrogens (tertiary/aromatic N) is 2. The van der Waals surface area contributed by atoms with Crippen LogP contribution in [0.4, 0.5) is 0 Å². The summed E-state index contributed by atoms with van der Waals surface area (Å²) in [6.07, 6.45) is 0. The number of hydrogen-bond acceptors (Lipinski definition) is 2. The predicted molar refractivity (Wildman–Crippen MR) is 96.2 cm³/mol. The Morgan fingerprint density at radius 3 is 2.23 bits per heavy atom. The molecule has 1 fully saturated rings. The van der Waals surface area contributed by atoms with Gasteiger partial charge >= 0.3 is 0 Å². The highest BCUT2D eigenvalue weighted by atomic mass is 32.1. The van der Waals surface area contributed by atoms with Gasteiger partial charge in [0.25, 0.3) is 0 Å². The molecule has 0 saturated carbocycles. The third-order valence-electron chi connectivity index (χ3n) is 4.28. The molecule has 2 aromatic carbocycles. The van der Waals surface area contributed by atoms with Crippen LogP contribution < -0.4 is 0 Å². The van der Waals surface area contributed by atoms with Crippen LogP contribution in [0.2, 0.25) is 0 Å². The first-order chi connectivity index (χ1) is 10.7. The Morgan fingerprint density at radius 1 is 0.909 bits per heavy atom. The molecule has 114 valence electrons. The Hall–Kier alpha value is -1.71. The van der Waals surface area contributed by atoms with E-state index in [2.05, 4.69) is 71.3 Å². The molecule has 1 aliphatic heterocycles. The van der Waals surface area contributed by atoms with Crippen molar-refractivity contribution in [2.24, 2.45) is 0 Å². The van der Waals surface area contributed by atoms with Crippen molar-refractivity contribution in [3.8, 4) is 0 Å². The van der Waals surface area contributed by atoms with Gasteiger partial charge in [0.05, 0.1) is 0 Å². The second-order valence-corrected chi connectivity index (χ2v) is 6.26. The van der Waals surface area contributed by atoms with E-state index in [4.69, 9.17) is 12.2 Å². The third-order valence-corrected chi connectivity index (χ3v) is 4.76. The van der Waals surface area contributed by atoms with Gasteiger partial charge in [-0.05, 0) is 18.1 Å². The fourth-order valence-electron chi connectivity index (χ4n) is 2.93. The van der Waals surface area contributed by atoms with E-state index in [9.17, 15) is 0 Å². The summed E-state index contributed by atoms with van der Waals surface area (Å²) in [5.74, 6) is 0. The zero-order valence-electron chi connectivity index (χ0n) is 13.0. The summed E-state index contributed by atoms with van der Waals surface area (Å²) in [4.78, 5) is 5.85. The maximum atomic E-state index is 5.70. The number of piperazine rings is 1. The minimum atomic E-state index is 0.998. The Kier molecular flexibility index (Phi) is 4.86. The van der Waals surface area contributed by atoms with Crippen molar-refractivity contribution in [2.45, 2.75) is 13.5 Å². The molecular formula is C19H22N2S. The largest absolute Gasteiger partial charge is 0.360 e. The van der Waals surface area contributed by atoms with Gasteiger partial charge < -0.3 is 4.90 Å². The van der Waals surface area contributed by atoms with Crippen LogP contribution in [0.3, 0.4) is 0 Å². The molecule has 0 amide bonds. The first-order valence-electron chi connectivity index (χ1n) is 7.85. The summed E-state index contributed by atoms with van der Waals surface area (Å²) in [6, 6.07) is 19.1. The van der Waals surface area contributed by atoms with Crippen LogP contribution in [0.15, 0.2) is 54.6 Å². The first kappa shape index (κ1) is 15.2. The quantitative estimate of drug-likeness (QED) is 0.801. The van der Waals surface area contributed by atoms with Crippen molar-refractivity contribution >= 4 is 17.2 Å². The fourth-order valence-corrected chi connectivity index (χ4v) is 3.35. The van der Waals surface area contributed by atoms with Gasteiger partial charge in [0.15, 0.2) is 0 Å². The molecule has 1 saturated heterocycles. The molecule has 0 bridgehead atoms. The minimum absolute atomic E-state index is 0.998. The highest BCUT2D eigenvalue weighted by Gasteiger charge is 2.20. The Morgan fingerprint density at radius 2 is 1.55 bits per heavy atom. The van der Waals surface area contributed by atoms with Gasteiger partial charge in [-0.1, -0.05) is 66.8 Å². The van der Waals surface area contributed by atoms with Gasteiger partial charge in [-0.15, -0.1) is 0 Å². The van der Waals surface area contributed by atoms with Crippen molar-refractivity contribution < 1.29 is 0 Å². The number of aryl methyl sites for hydroxylation is 1. The van der Waals surface area contributed by atoms with E-state index in [1.807, 2.05) is 0 Å². The van der Waals surface area contributed by atoms with Crippen molar-refractivity contribution in [3.05, 3.63) is 71.3 Å². The topological polar surface area (TPSA) is 6.48 Å². The standard InChI is InChI=1S/C19H22N2S/c1-16-7-5-6-10-18(16)19(22)21-13-11-20(12-14-21)15-17-8-3-2-4-9-17/h2-10H,11-15H2,1H3. The van der Waals surface area contributed by atoms with E-state index in [0.29, 0.717) is 0 Å². The van der Waals surface area contributed by atoms with Crippen LogP contribution >= 0.6 is 12.2 Å². The van der Waals surface area contributed by atoms with E-state index >= 15 is 0 Å². The predicted octanol–water partition coefficient (Wildman–Crippen LogP) is 3.49. The Labute approximate surface area is 138 Å². The lowest BCUT2D eigenvalue weighted by Crippen LogP contribution is -2.48. The fraction of sp³-hybridized carbons (Fsp3) is 0.316. The van der Waals surface area contributed by atoms with Crippen LogP contribution in [0.5, 0.6) is 0 Å². The zero-order valence-corrected chi connectivity index (χ0v) is 13.9. The summed E-state index contributed by atoms with van der Waals surface area (Å²) in [7, 11) is 0. The molecule has 0 unspecified atom stereocenters. The molecular weight excluding hydrogens is 288 g/mol. The van der Waals surface area contributed by atoms with Crippen LogP contribution in [0, 0.1) is 6.92 Å². The highest BCUT2D eigenvalue weighted by molar-refractivity contribution is 7.80. The van der Waals surface area contributed by atoms with Crippen molar-refractivity contribution in [2.75, 3.05) is 26.2 Å². The third kappa shape index (κ3) is 3.54. The van der Waals surface area contributed by atoms with E-state index in [1.54, 1.807) is 0 Å². The minimum Gasteiger partial charge on any atom is -0.360 e. The Bertz CT molecular complexity index is 631. The molecule has 0 aromatic heterocycles. The molecule has 1 heterocycles. The summed E-state index contributed by atoms with van der Waals surface area (Å²) >= 11 is 5.70. The van der Waals surface area contributed by atoms with Crippen LogP contribution in [-0.4, -0.2) is 41.0 Å². The van der Waals surface area contributed by atoms with Gasteiger partial charge in [0.1, 0.15) is 4.99 Å². The maximum absolute atomic E-state index is 5.70. The lowest BCUT2D eigenvalue weighted by atomic mass is 10.1. The number of rotatable bonds is 3. The molecule has 3 heteroatoms. The molecule has 1 aliphatic rings. The normalized spacial score (nSPS) is 15.8. The smallest absolute Gasteiger partial charge is 0.109 e. The molecule has 3 rings (SSSR count). The van der Waals surface area contributed by atoms with Gasteiger partial charge in [0.2, 0.25) is 0 Å². The summed E-state index contributed by atoms with van der Waals surface area (Å²) in [5.41, 5.74) is 3.85. The second kappa shape index (κ2) is 7.03. The van der Waals surface area contributed by atoms with Gasteiger partial charge in [-0.2, -0.15) is 0 Å². The molecule has 0 radical (unpaired) electrons. The number of thiocarbonyl (C=S) groups is 1. The van der Waals surface area contributed by atoms with Gasteiger partial charge in [0, 0.05) is 38.3 Å². The lowest BCUT2D eigenvalue weighted by Gasteiger charge is -2.36. The molecule has 0 spiro atoms. The van der Waals surface area contributed by atoms with E-state index in [1.165, 1.54) is 16.7 Å². The van der Waals surface area contributed by atoms with Crippen LogP contribution in [0.1, 0.15) is 16.7 Å². The van der Waals surface area contributed by atoms with Crippen molar-refractivity contribution in [1.29, 1.82) is 0 Å². The summed E-state index contributed by atoms with van der Waals surface area (Å²) < 4.78 is 0. The second-order valence-electron chi connectivity index (χ2n) is 5.87. The monoisotopic (exact) mass is 310 g/mol. The van der Waals surface area contributed by atoms with E-state index in [-0.39, 0.29) is 0 Å². The van der Waals surface area contributed by atoms with Crippen LogP contribution in [0.25, 0.3) is 0 Å². The first-order valence-corrected chi connectivity index (χ1v) is 8.26. The van der Waals surface area contributed by atoms with Crippen molar-refractivity contribution in [1.82, 2.24) is 9.80 Å². The Balaban J connectivity index is 1.58. The SMILES string of the molecule is Cc1ccccc1C(=S)N1CCN(Cc2ccccc2)CC1. The van der Waals surface area contributed by atoms with E-state index in [0.717, 1.165) is 37.7 Å². The molecule has 0 atom stereocenters. The van der Waals surface area contributed by atoms with Crippen molar-refractivity contribution in [3.63, 3.8) is 0 Å². The zero-order chi connectivity index (χ0) is 15.4. The molecule has 2 aromatic rings. The molecule has 2 nitrogen and oxygen atoms in total. The van der Waals surface area contributed by atoms with Gasteiger partial charge in [-0.3, -0.25) is 4.90 Å². The molecule has 0 N–H and O–H groups in total. The highest BCUT2D eigenvalue weighted by Crippen LogP contribution is 2.15. The molecule has 0 aliphatic carbocycles. The average molecular weight is 310 g/mol. The summed E-state index contributed by atoms with van der Waals surface area (Å²) in [5, 5.41) is 0. The van der Waals surface area contributed by atoms with E-state index < -0.39 is 0 Å². The molecule has 22 heavy (non-hydrogen) atoms. The van der Waals surface area contributed by atoms with Gasteiger partial charge in [-0.25, -0.2) is 0 Å². The summed E-state index contributed by atoms with van der Waals surface area (Å²) in [6.45, 7) is 7.33.